The van der Waals surface area contributed by atoms with Gasteiger partial charge in [-0.3, -0.25) is 0 Å². The first kappa shape index (κ1) is 32.8. The third kappa shape index (κ3) is 6.41. The van der Waals surface area contributed by atoms with Crippen molar-refractivity contribution in [3.8, 4) is 79.8 Å². The Bertz CT molecular complexity index is 2930. The highest BCUT2D eigenvalue weighted by atomic mass is 16.5. The first-order valence-corrected chi connectivity index (χ1v) is 18.2. The second-order valence-electron chi connectivity index (χ2n) is 13.1. The van der Waals surface area contributed by atoms with Crippen LogP contribution in [0.15, 0.2) is 186 Å². The van der Waals surface area contributed by atoms with Crippen LogP contribution in [0.1, 0.15) is 0 Å². The van der Waals surface area contributed by atoms with E-state index in [4.69, 9.17) is 39.1 Å². The number of aromatic nitrogens is 6. The fraction of sp³-hybridized carbons (Fsp3) is 0. The van der Waals surface area contributed by atoms with Crippen molar-refractivity contribution >= 4 is 21.9 Å². The average Bonchev–Trinajstić information content (AvgIpc) is 3.66. The van der Waals surface area contributed by atoms with Crippen molar-refractivity contribution in [1.29, 1.82) is 0 Å². The number of fused-ring (bicyclic) bond motifs is 3. The minimum atomic E-state index is 0.515. The van der Waals surface area contributed by atoms with Gasteiger partial charge in [0.15, 0.2) is 34.9 Å². The van der Waals surface area contributed by atoms with Gasteiger partial charge in [0.25, 0.3) is 0 Å². The summed E-state index contributed by atoms with van der Waals surface area (Å²) in [5.74, 6) is 4.68. The predicted octanol–water partition coefficient (Wildman–Crippen LogP) is 11.8. The molecule has 0 N–H and O–H groups in total. The predicted molar refractivity (Wildman–Crippen MR) is 220 cm³/mol. The van der Waals surface area contributed by atoms with Crippen LogP contribution >= 0.6 is 0 Å². The molecule has 7 aromatic carbocycles. The lowest BCUT2D eigenvalue weighted by Crippen LogP contribution is -2.00. The van der Waals surface area contributed by atoms with Crippen molar-refractivity contribution in [2.75, 3.05) is 0 Å². The van der Waals surface area contributed by atoms with E-state index < -0.39 is 0 Å². The van der Waals surface area contributed by atoms with Crippen molar-refractivity contribution in [2.24, 2.45) is 0 Å². The van der Waals surface area contributed by atoms with E-state index in [1.54, 1.807) is 0 Å². The van der Waals surface area contributed by atoms with Crippen LogP contribution in [-0.2, 0) is 0 Å². The number of hydrogen-bond donors (Lipinski definition) is 0. The van der Waals surface area contributed by atoms with Crippen LogP contribution in [0.4, 0.5) is 0 Å². The molecule has 0 fully saturated rings. The Morgan fingerprint density at radius 3 is 1.36 bits per heavy atom. The van der Waals surface area contributed by atoms with Gasteiger partial charge in [0.1, 0.15) is 22.7 Å². The molecule has 0 saturated carbocycles. The second-order valence-corrected chi connectivity index (χ2v) is 13.1. The second kappa shape index (κ2) is 14.2. The Morgan fingerprint density at radius 2 is 0.768 bits per heavy atom. The Balaban J connectivity index is 0.987. The zero-order valence-corrected chi connectivity index (χ0v) is 29.8. The van der Waals surface area contributed by atoms with Gasteiger partial charge >= 0.3 is 0 Å². The number of nitrogens with zero attached hydrogens (tertiary/aromatic N) is 6. The number of ether oxygens (including phenoxy) is 1. The minimum absolute atomic E-state index is 0.515. The van der Waals surface area contributed by atoms with E-state index in [9.17, 15) is 0 Å². The SMILES string of the molecule is c1ccc(-c2nc(-c3ccccc3)nc(-c3ccc(Oc4cccc(-c5nc(-c6ccccc6)nc(-c6cccc7c6oc6ccccc67)n5)c4)cc3)n2)cc1. The molecule has 0 spiro atoms. The normalized spacial score (nSPS) is 11.2. The summed E-state index contributed by atoms with van der Waals surface area (Å²) < 4.78 is 12.8. The Morgan fingerprint density at radius 1 is 0.321 bits per heavy atom. The Labute approximate surface area is 321 Å². The third-order valence-corrected chi connectivity index (χ3v) is 9.45. The van der Waals surface area contributed by atoms with Crippen LogP contribution in [0.25, 0.3) is 90.3 Å². The van der Waals surface area contributed by atoms with Crippen LogP contribution in [0.2, 0.25) is 0 Å². The Hall–Kier alpha value is -7.84. The molecule has 3 heterocycles. The lowest BCUT2D eigenvalue weighted by atomic mass is 10.1. The molecule has 8 nitrogen and oxygen atoms in total. The van der Waals surface area contributed by atoms with E-state index in [-0.39, 0.29) is 0 Å². The summed E-state index contributed by atoms with van der Waals surface area (Å²) in [6, 6.07) is 59.4. The van der Waals surface area contributed by atoms with E-state index in [0.717, 1.165) is 55.3 Å². The zero-order valence-electron chi connectivity index (χ0n) is 29.8. The number of hydrogen-bond acceptors (Lipinski definition) is 8. The molecule has 0 radical (unpaired) electrons. The molecule has 56 heavy (non-hydrogen) atoms. The van der Waals surface area contributed by atoms with Crippen molar-refractivity contribution in [2.45, 2.75) is 0 Å². The third-order valence-electron chi connectivity index (χ3n) is 9.45. The smallest absolute Gasteiger partial charge is 0.167 e. The molecular weight excluding hydrogens is 693 g/mol. The van der Waals surface area contributed by atoms with Gasteiger partial charge in [-0.15, -0.1) is 0 Å². The van der Waals surface area contributed by atoms with Gasteiger partial charge in [0, 0.05) is 38.6 Å². The van der Waals surface area contributed by atoms with Crippen molar-refractivity contribution in [3.63, 3.8) is 0 Å². The molecule has 0 bridgehead atoms. The highest BCUT2D eigenvalue weighted by Gasteiger charge is 2.18. The highest BCUT2D eigenvalue weighted by Crippen LogP contribution is 2.36. The van der Waals surface area contributed by atoms with Gasteiger partial charge in [-0.25, -0.2) is 29.9 Å². The van der Waals surface area contributed by atoms with Gasteiger partial charge in [0.2, 0.25) is 0 Å². The topological polar surface area (TPSA) is 99.7 Å². The summed E-state index contributed by atoms with van der Waals surface area (Å²) in [5.41, 5.74) is 6.67. The number of benzene rings is 7. The summed E-state index contributed by atoms with van der Waals surface area (Å²) in [4.78, 5) is 29.4. The summed E-state index contributed by atoms with van der Waals surface area (Å²) >= 11 is 0. The molecule has 0 aliphatic rings. The van der Waals surface area contributed by atoms with Gasteiger partial charge in [-0.05, 0) is 48.5 Å². The lowest BCUT2D eigenvalue weighted by Gasteiger charge is -2.11. The fourth-order valence-electron chi connectivity index (χ4n) is 6.71. The molecule has 8 heteroatoms. The summed E-state index contributed by atoms with van der Waals surface area (Å²) in [7, 11) is 0. The monoisotopic (exact) mass is 722 g/mol. The average molecular weight is 723 g/mol. The quantitative estimate of drug-likeness (QED) is 0.153. The standard InChI is InChI=1S/C48H30N6O2/c1-4-14-31(15-5-1)43-49-44(32-16-6-2-7-17-32)51-46(50-43)34-26-28-36(29-27-34)55-37-21-12-20-35(30-37)47-52-45(33-18-8-3-9-19-33)53-48(54-47)40-24-13-23-39-38-22-10-11-25-41(38)56-42(39)40/h1-30H. The molecule has 0 saturated heterocycles. The largest absolute Gasteiger partial charge is 0.457 e. The molecular formula is C48H30N6O2. The van der Waals surface area contributed by atoms with Crippen LogP contribution in [-0.4, -0.2) is 29.9 Å². The van der Waals surface area contributed by atoms with E-state index in [0.29, 0.717) is 46.4 Å². The van der Waals surface area contributed by atoms with Gasteiger partial charge in [-0.1, -0.05) is 133 Å². The molecule has 0 unspecified atom stereocenters. The van der Waals surface area contributed by atoms with Crippen molar-refractivity contribution in [1.82, 2.24) is 29.9 Å². The first-order chi connectivity index (χ1) is 27.7. The van der Waals surface area contributed by atoms with Gasteiger partial charge < -0.3 is 9.15 Å². The zero-order chi connectivity index (χ0) is 37.3. The van der Waals surface area contributed by atoms with E-state index in [2.05, 4.69) is 12.1 Å². The van der Waals surface area contributed by atoms with Crippen LogP contribution in [0.3, 0.4) is 0 Å². The summed E-state index contributed by atoms with van der Waals surface area (Å²) in [6.45, 7) is 0. The number of furan rings is 1. The molecule has 0 atom stereocenters. The first-order valence-electron chi connectivity index (χ1n) is 18.2. The summed E-state index contributed by atoms with van der Waals surface area (Å²) in [5, 5.41) is 2.05. The minimum Gasteiger partial charge on any atom is -0.457 e. The maximum atomic E-state index is 6.40. The van der Waals surface area contributed by atoms with Crippen LogP contribution in [0, 0.1) is 0 Å². The molecule has 3 aromatic heterocycles. The van der Waals surface area contributed by atoms with E-state index in [1.165, 1.54) is 0 Å². The molecule has 10 aromatic rings. The summed E-state index contributed by atoms with van der Waals surface area (Å²) in [6.07, 6.45) is 0. The van der Waals surface area contributed by atoms with Crippen LogP contribution < -0.4 is 4.74 Å². The van der Waals surface area contributed by atoms with Gasteiger partial charge in [0.05, 0.1) is 5.56 Å². The molecule has 10 rings (SSSR count). The fourth-order valence-corrected chi connectivity index (χ4v) is 6.71. The van der Waals surface area contributed by atoms with E-state index in [1.807, 2.05) is 170 Å². The van der Waals surface area contributed by atoms with Crippen molar-refractivity contribution < 1.29 is 9.15 Å². The maximum Gasteiger partial charge on any atom is 0.167 e. The molecule has 0 aliphatic carbocycles. The highest BCUT2D eigenvalue weighted by molar-refractivity contribution is 6.09. The van der Waals surface area contributed by atoms with E-state index >= 15 is 0 Å². The maximum absolute atomic E-state index is 6.40. The number of para-hydroxylation sites is 2. The molecule has 0 amide bonds. The van der Waals surface area contributed by atoms with Crippen molar-refractivity contribution in [3.05, 3.63) is 182 Å². The molecule has 0 aliphatic heterocycles. The lowest BCUT2D eigenvalue weighted by molar-refractivity contribution is 0.483. The Kier molecular flexibility index (Phi) is 8.31. The number of rotatable bonds is 8. The molecule has 264 valence electrons. The van der Waals surface area contributed by atoms with Gasteiger partial charge in [-0.2, -0.15) is 0 Å². The van der Waals surface area contributed by atoms with Crippen LogP contribution in [0.5, 0.6) is 11.5 Å².